The van der Waals surface area contributed by atoms with E-state index in [-0.39, 0.29) is 18.5 Å². The van der Waals surface area contributed by atoms with Crippen molar-refractivity contribution < 1.29 is 24.6 Å². The smallest absolute Gasteiger partial charge is 0.354 e. The van der Waals surface area contributed by atoms with Crippen LogP contribution in [0.3, 0.4) is 0 Å². The van der Waals surface area contributed by atoms with Crippen LogP contribution in [0, 0.1) is 0 Å². The largest absolute Gasteiger partial charge is 0.481 e. The summed E-state index contributed by atoms with van der Waals surface area (Å²) in [6, 6.07) is 1.66. The van der Waals surface area contributed by atoms with Crippen LogP contribution >= 0.6 is 0 Å². The third kappa shape index (κ3) is 4.72. The number of amides is 1. The van der Waals surface area contributed by atoms with Crippen LogP contribution in [0.5, 0.6) is 0 Å². The molecule has 1 heterocycles. The molecule has 0 aromatic carbocycles. The number of nitrogens with zero attached hydrogens (tertiary/aromatic N) is 1. The molecule has 0 bridgehead atoms. The first-order valence-electron chi connectivity index (χ1n) is 5.37. The van der Waals surface area contributed by atoms with Crippen LogP contribution in [0.1, 0.15) is 23.3 Å². The number of carbonyl (C=O) groups is 3. The maximum Gasteiger partial charge on any atom is 0.354 e. The van der Waals surface area contributed by atoms with Gasteiger partial charge in [0, 0.05) is 6.42 Å². The molecule has 1 unspecified atom stereocenters. The Morgan fingerprint density at radius 3 is 2.47 bits per heavy atom. The summed E-state index contributed by atoms with van der Waals surface area (Å²) in [7, 11) is 0. The molecule has 8 nitrogen and oxygen atoms in total. The van der Waals surface area contributed by atoms with Crippen molar-refractivity contribution in [2.24, 2.45) is 5.73 Å². The number of carboxylic acid groups (broad SMARTS) is 2. The predicted octanol–water partition coefficient (Wildman–Crippen LogP) is -0.0896. The van der Waals surface area contributed by atoms with Gasteiger partial charge in [-0.25, -0.2) is 9.78 Å². The Balaban J connectivity index is 2.56. The molecule has 1 aromatic heterocycles. The summed E-state index contributed by atoms with van der Waals surface area (Å²) in [4.78, 5) is 36.1. The van der Waals surface area contributed by atoms with Gasteiger partial charge in [-0.15, -0.1) is 0 Å². The van der Waals surface area contributed by atoms with Crippen LogP contribution in [-0.4, -0.2) is 39.1 Å². The number of hydrogen-bond acceptors (Lipinski definition) is 5. The minimum Gasteiger partial charge on any atom is -0.481 e. The third-order valence-corrected chi connectivity index (χ3v) is 2.26. The van der Waals surface area contributed by atoms with Crippen LogP contribution in [0.2, 0.25) is 0 Å². The standard InChI is InChI=1S/C11H13N3O5/c12-7(2-4-9(15)16)10(17)14-6-1-3-8(11(18)19)13-5-6/h1,3,5,7H,2,4,12H2,(H,14,17)(H,15,16)(H,18,19). The maximum absolute atomic E-state index is 11.6. The van der Waals surface area contributed by atoms with Crippen LogP contribution in [0.15, 0.2) is 18.3 Å². The van der Waals surface area contributed by atoms with Gasteiger partial charge in [0.05, 0.1) is 17.9 Å². The highest BCUT2D eigenvalue weighted by Gasteiger charge is 2.15. The fraction of sp³-hybridized carbons (Fsp3) is 0.273. The first-order chi connectivity index (χ1) is 8.90. The Kier molecular flexibility index (Phi) is 4.95. The van der Waals surface area contributed by atoms with Gasteiger partial charge in [-0.1, -0.05) is 0 Å². The van der Waals surface area contributed by atoms with Gasteiger partial charge in [0.25, 0.3) is 0 Å². The molecule has 0 aliphatic rings. The number of aliphatic carboxylic acids is 1. The first kappa shape index (κ1) is 14.6. The van der Waals surface area contributed by atoms with Crippen molar-refractivity contribution in [3.63, 3.8) is 0 Å². The topological polar surface area (TPSA) is 143 Å². The molecule has 1 atom stereocenters. The van der Waals surface area contributed by atoms with E-state index in [1.807, 2.05) is 0 Å². The minimum absolute atomic E-state index is 0.0157. The van der Waals surface area contributed by atoms with Crippen molar-refractivity contribution in [1.29, 1.82) is 0 Å². The van der Waals surface area contributed by atoms with Crippen LogP contribution in [0.25, 0.3) is 0 Å². The molecule has 0 fully saturated rings. The zero-order valence-corrected chi connectivity index (χ0v) is 9.87. The third-order valence-electron chi connectivity index (χ3n) is 2.26. The van der Waals surface area contributed by atoms with Crippen LogP contribution in [-0.2, 0) is 9.59 Å². The highest BCUT2D eigenvalue weighted by Crippen LogP contribution is 2.07. The lowest BCUT2D eigenvalue weighted by atomic mass is 10.1. The summed E-state index contributed by atoms with van der Waals surface area (Å²) >= 11 is 0. The van der Waals surface area contributed by atoms with Gasteiger partial charge in [0.15, 0.2) is 0 Å². The summed E-state index contributed by atoms with van der Waals surface area (Å²) in [6.07, 6.45) is 0.998. The number of hydrogen-bond donors (Lipinski definition) is 4. The fourth-order valence-electron chi connectivity index (χ4n) is 1.24. The van der Waals surface area contributed by atoms with Gasteiger partial charge < -0.3 is 21.3 Å². The molecule has 0 radical (unpaired) electrons. The summed E-state index contributed by atoms with van der Waals surface area (Å²) in [5, 5.41) is 19.5. The van der Waals surface area contributed by atoms with Gasteiger partial charge in [-0.3, -0.25) is 9.59 Å². The summed E-state index contributed by atoms with van der Waals surface area (Å²) in [5.41, 5.74) is 5.65. The highest BCUT2D eigenvalue weighted by molar-refractivity contribution is 5.95. The Bertz CT molecular complexity index is 486. The van der Waals surface area contributed by atoms with E-state index in [4.69, 9.17) is 15.9 Å². The quantitative estimate of drug-likeness (QED) is 0.564. The van der Waals surface area contributed by atoms with E-state index in [9.17, 15) is 14.4 Å². The molecule has 1 rings (SSSR count). The summed E-state index contributed by atoms with van der Waals surface area (Å²) < 4.78 is 0. The van der Waals surface area contributed by atoms with Gasteiger partial charge >= 0.3 is 11.9 Å². The fourth-order valence-corrected chi connectivity index (χ4v) is 1.24. The lowest BCUT2D eigenvalue weighted by Crippen LogP contribution is -2.36. The minimum atomic E-state index is -1.17. The van der Waals surface area contributed by atoms with Gasteiger partial charge in [-0.05, 0) is 18.6 Å². The van der Waals surface area contributed by atoms with Crippen molar-refractivity contribution >= 4 is 23.5 Å². The molecule has 102 valence electrons. The van der Waals surface area contributed by atoms with E-state index < -0.39 is 23.9 Å². The molecule has 19 heavy (non-hydrogen) atoms. The van der Waals surface area contributed by atoms with Gasteiger partial charge in [-0.2, -0.15) is 0 Å². The van der Waals surface area contributed by atoms with Gasteiger partial charge in [0.2, 0.25) is 5.91 Å². The van der Waals surface area contributed by atoms with E-state index in [1.165, 1.54) is 18.3 Å². The normalized spacial score (nSPS) is 11.6. The average molecular weight is 267 g/mol. The molecule has 0 saturated heterocycles. The van der Waals surface area contributed by atoms with Crippen molar-refractivity contribution in [3.05, 3.63) is 24.0 Å². The highest BCUT2D eigenvalue weighted by atomic mass is 16.4. The predicted molar refractivity (Wildman–Crippen MR) is 64.7 cm³/mol. The number of nitrogens with one attached hydrogen (secondary N) is 1. The van der Waals surface area contributed by atoms with Crippen molar-refractivity contribution in [3.8, 4) is 0 Å². The zero-order chi connectivity index (χ0) is 14.4. The SMILES string of the molecule is NC(CCC(=O)O)C(=O)Nc1ccc(C(=O)O)nc1. The van der Waals surface area contributed by atoms with E-state index in [1.54, 1.807) is 0 Å². The lowest BCUT2D eigenvalue weighted by molar-refractivity contribution is -0.137. The van der Waals surface area contributed by atoms with Crippen LogP contribution in [0.4, 0.5) is 5.69 Å². The number of carboxylic acids is 2. The summed E-state index contributed by atoms with van der Waals surface area (Å²) in [5.74, 6) is -2.75. The molecule has 1 aromatic rings. The molecule has 0 saturated carbocycles. The number of aromatic nitrogens is 1. The molecule has 5 N–H and O–H groups in total. The monoisotopic (exact) mass is 267 g/mol. The van der Waals surface area contributed by atoms with Gasteiger partial charge in [0.1, 0.15) is 5.69 Å². The Labute approximate surface area is 108 Å². The molecule has 0 spiro atoms. The van der Waals surface area contributed by atoms with Crippen LogP contribution < -0.4 is 11.1 Å². The number of aromatic carboxylic acids is 1. The molecular weight excluding hydrogens is 254 g/mol. The second kappa shape index (κ2) is 6.45. The number of rotatable bonds is 6. The van der Waals surface area contributed by atoms with Crippen molar-refractivity contribution in [1.82, 2.24) is 4.98 Å². The molecule has 0 aliphatic heterocycles. The van der Waals surface area contributed by atoms with E-state index in [0.29, 0.717) is 5.69 Å². The molecule has 8 heteroatoms. The van der Waals surface area contributed by atoms with E-state index >= 15 is 0 Å². The Hall–Kier alpha value is -2.48. The number of pyridine rings is 1. The Morgan fingerprint density at radius 2 is 2.00 bits per heavy atom. The first-order valence-corrected chi connectivity index (χ1v) is 5.37. The second-order valence-electron chi connectivity index (χ2n) is 3.77. The second-order valence-corrected chi connectivity index (χ2v) is 3.77. The molecule has 0 aliphatic carbocycles. The maximum atomic E-state index is 11.6. The van der Waals surface area contributed by atoms with E-state index in [0.717, 1.165) is 0 Å². The summed E-state index contributed by atoms with van der Waals surface area (Å²) in [6.45, 7) is 0. The number of nitrogens with two attached hydrogens (primary N) is 1. The number of carbonyl (C=O) groups excluding carboxylic acids is 1. The zero-order valence-electron chi connectivity index (χ0n) is 9.87. The van der Waals surface area contributed by atoms with E-state index in [2.05, 4.69) is 10.3 Å². The molecule has 1 amide bonds. The van der Waals surface area contributed by atoms with Crippen molar-refractivity contribution in [2.45, 2.75) is 18.9 Å². The Morgan fingerprint density at radius 1 is 1.32 bits per heavy atom. The number of anilines is 1. The molecular formula is C11H13N3O5. The van der Waals surface area contributed by atoms with Crippen molar-refractivity contribution in [2.75, 3.05) is 5.32 Å². The average Bonchev–Trinajstić information content (AvgIpc) is 2.36. The lowest BCUT2D eigenvalue weighted by Gasteiger charge is -2.10.